The Hall–Kier alpha value is -2.69. The number of nitrogens with zero attached hydrogens (tertiary/aromatic N) is 4. The highest BCUT2D eigenvalue weighted by atomic mass is 16.5. The highest BCUT2D eigenvalue weighted by Crippen LogP contribution is 2.25. The minimum absolute atomic E-state index is 0.535. The van der Waals surface area contributed by atoms with Gasteiger partial charge in [-0.15, -0.1) is 0 Å². The smallest absolute Gasteiger partial charge is 0.258 e. The lowest BCUT2D eigenvalue weighted by Crippen LogP contribution is -2.10. The zero-order chi connectivity index (χ0) is 17.1. The van der Waals surface area contributed by atoms with E-state index in [9.17, 15) is 0 Å². The van der Waals surface area contributed by atoms with Gasteiger partial charge in [0.2, 0.25) is 5.82 Å². The van der Waals surface area contributed by atoms with Crippen LogP contribution in [-0.2, 0) is 6.42 Å². The summed E-state index contributed by atoms with van der Waals surface area (Å²) in [7, 11) is 3.91. The van der Waals surface area contributed by atoms with Crippen LogP contribution in [0, 0.1) is 6.92 Å². The Balaban J connectivity index is 1.86. The number of aromatic nitrogens is 3. The van der Waals surface area contributed by atoms with Gasteiger partial charge in [-0.25, -0.2) is 4.98 Å². The minimum Gasteiger partial charge on any atom is -0.363 e. The predicted octanol–water partition coefficient (Wildman–Crippen LogP) is 4.13. The largest absolute Gasteiger partial charge is 0.363 e. The van der Waals surface area contributed by atoms with Crippen LogP contribution >= 0.6 is 0 Å². The molecular formula is C19H22N4O. The molecule has 0 aliphatic heterocycles. The van der Waals surface area contributed by atoms with Crippen molar-refractivity contribution in [2.24, 2.45) is 0 Å². The Kier molecular flexibility index (Phi) is 4.60. The van der Waals surface area contributed by atoms with Crippen LogP contribution < -0.4 is 4.90 Å². The van der Waals surface area contributed by atoms with Gasteiger partial charge in [0.05, 0.1) is 0 Å². The van der Waals surface area contributed by atoms with Crippen molar-refractivity contribution in [3.05, 3.63) is 47.7 Å². The van der Waals surface area contributed by atoms with E-state index < -0.39 is 0 Å². The number of anilines is 1. The summed E-state index contributed by atoms with van der Waals surface area (Å²) in [6, 6.07) is 10.2. The van der Waals surface area contributed by atoms with E-state index in [0.29, 0.717) is 11.7 Å². The molecule has 0 amide bonds. The molecule has 0 saturated carbocycles. The molecule has 24 heavy (non-hydrogen) atoms. The van der Waals surface area contributed by atoms with Crippen molar-refractivity contribution < 1.29 is 4.52 Å². The summed E-state index contributed by atoms with van der Waals surface area (Å²) < 4.78 is 5.44. The first-order valence-corrected chi connectivity index (χ1v) is 8.16. The van der Waals surface area contributed by atoms with Crippen molar-refractivity contribution in [3.63, 3.8) is 0 Å². The first-order valence-electron chi connectivity index (χ1n) is 8.16. The van der Waals surface area contributed by atoms with Crippen molar-refractivity contribution in [1.29, 1.82) is 0 Å². The van der Waals surface area contributed by atoms with Crippen LogP contribution in [0.5, 0.6) is 0 Å². The third-order valence-corrected chi connectivity index (χ3v) is 4.00. The summed E-state index contributed by atoms with van der Waals surface area (Å²) >= 11 is 0. The fourth-order valence-electron chi connectivity index (χ4n) is 2.62. The molecule has 0 unspecified atom stereocenters. The Morgan fingerprint density at radius 2 is 1.88 bits per heavy atom. The molecule has 124 valence electrons. The number of hydrogen-bond acceptors (Lipinski definition) is 5. The molecule has 2 aromatic heterocycles. The maximum Gasteiger partial charge on any atom is 0.258 e. The molecule has 1 aromatic carbocycles. The van der Waals surface area contributed by atoms with E-state index in [1.165, 1.54) is 11.1 Å². The topological polar surface area (TPSA) is 55.1 Å². The van der Waals surface area contributed by atoms with Gasteiger partial charge in [0.1, 0.15) is 5.82 Å². The highest BCUT2D eigenvalue weighted by Gasteiger charge is 2.12. The van der Waals surface area contributed by atoms with Crippen molar-refractivity contribution >= 4 is 5.82 Å². The van der Waals surface area contributed by atoms with Crippen LogP contribution in [0.3, 0.4) is 0 Å². The van der Waals surface area contributed by atoms with Crippen molar-refractivity contribution in [2.45, 2.75) is 26.7 Å². The lowest BCUT2D eigenvalue weighted by atomic mass is 10.0. The highest BCUT2D eigenvalue weighted by molar-refractivity contribution is 5.61. The second kappa shape index (κ2) is 6.83. The van der Waals surface area contributed by atoms with Crippen molar-refractivity contribution in [3.8, 4) is 22.8 Å². The maximum atomic E-state index is 5.44. The summed E-state index contributed by atoms with van der Waals surface area (Å²) in [5.74, 6) is 1.98. The first kappa shape index (κ1) is 16.2. The predicted molar refractivity (Wildman–Crippen MR) is 96.0 cm³/mol. The molecule has 5 heteroatoms. The summed E-state index contributed by atoms with van der Waals surface area (Å²) in [4.78, 5) is 10.8. The molecule has 0 radical (unpaired) electrons. The second-order valence-electron chi connectivity index (χ2n) is 6.11. The van der Waals surface area contributed by atoms with Crippen LogP contribution in [0.25, 0.3) is 22.8 Å². The molecule has 0 spiro atoms. The van der Waals surface area contributed by atoms with Gasteiger partial charge in [-0.3, -0.25) is 0 Å². The van der Waals surface area contributed by atoms with Crippen molar-refractivity contribution in [2.75, 3.05) is 19.0 Å². The molecule has 3 rings (SSSR count). The molecule has 2 heterocycles. The molecular weight excluding hydrogens is 300 g/mol. The Morgan fingerprint density at radius 1 is 1.08 bits per heavy atom. The minimum atomic E-state index is 0.535. The zero-order valence-electron chi connectivity index (χ0n) is 14.6. The van der Waals surface area contributed by atoms with Gasteiger partial charge in [-0.2, -0.15) is 4.98 Å². The SMILES string of the molecule is CCCc1ccc(-c2nc(-c3ccc(N(C)C)nc3)no2)cc1C. The summed E-state index contributed by atoms with van der Waals surface area (Å²) in [6.45, 7) is 4.31. The van der Waals surface area contributed by atoms with Gasteiger partial charge >= 0.3 is 0 Å². The molecule has 0 N–H and O–H groups in total. The average molecular weight is 322 g/mol. The van der Waals surface area contributed by atoms with E-state index in [2.05, 4.69) is 41.1 Å². The van der Waals surface area contributed by atoms with Gasteiger partial charge in [0.15, 0.2) is 0 Å². The van der Waals surface area contributed by atoms with Gasteiger partial charge < -0.3 is 9.42 Å². The van der Waals surface area contributed by atoms with Gasteiger partial charge in [-0.1, -0.05) is 24.6 Å². The van der Waals surface area contributed by atoms with E-state index >= 15 is 0 Å². The molecule has 0 aliphatic rings. The molecule has 3 aromatic rings. The molecule has 0 fully saturated rings. The number of aryl methyl sites for hydroxylation is 2. The summed E-state index contributed by atoms with van der Waals surface area (Å²) in [6.07, 6.45) is 3.99. The van der Waals surface area contributed by atoms with Gasteiger partial charge in [-0.05, 0) is 48.7 Å². The third-order valence-electron chi connectivity index (χ3n) is 4.00. The second-order valence-corrected chi connectivity index (χ2v) is 6.11. The molecule has 5 nitrogen and oxygen atoms in total. The van der Waals surface area contributed by atoms with E-state index in [-0.39, 0.29) is 0 Å². The van der Waals surface area contributed by atoms with Crippen molar-refractivity contribution in [1.82, 2.24) is 15.1 Å². The van der Waals surface area contributed by atoms with E-state index in [1.54, 1.807) is 6.20 Å². The number of hydrogen-bond donors (Lipinski definition) is 0. The maximum absolute atomic E-state index is 5.44. The lowest BCUT2D eigenvalue weighted by Gasteiger charge is -2.10. The average Bonchev–Trinajstić information content (AvgIpc) is 3.07. The lowest BCUT2D eigenvalue weighted by molar-refractivity contribution is 0.432. The Bertz CT molecular complexity index is 822. The number of benzene rings is 1. The molecule has 0 bridgehead atoms. The number of rotatable bonds is 5. The standard InChI is InChI=1S/C19H22N4O/c1-5-6-14-7-8-15(11-13(14)2)19-21-18(22-24-19)16-9-10-17(20-12-16)23(3)4/h7-12H,5-6H2,1-4H3. The van der Waals surface area contributed by atoms with Crippen LogP contribution in [0.15, 0.2) is 41.1 Å². The monoisotopic (exact) mass is 322 g/mol. The van der Waals surface area contributed by atoms with Crippen LogP contribution in [-0.4, -0.2) is 29.2 Å². The quantitative estimate of drug-likeness (QED) is 0.707. The van der Waals surface area contributed by atoms with E-state index in [0.717, 1.165) is 29.8 Å². The van der Waals surface area contributed by atoms with Crippen LogP contribution in [0.2, 0.25) is 0 Å². The summed E-state index contributed by atoms with van der Waals surface area (Å²) in [5, 5.41) is 4.09. The Labute approximate surface area is 142 Å². The normalized spacial score (nSPS) is 10.8. The van der Waals surface area contributed by atoms with E-state index in [4.69, 9.17) is 4.52 Å². The van der Waals surface area contributed by atoms with Crippen LogP contribution in [0.4, 0.5) is 5.82 Å². The van der Waals surface area contributed by atoms with E-state index in [1.807, 2.05) is 37.2 Å². The van der Waals surface area contributed by atoms with Gasteiger partial charge in [0, 0.05) is 31.4 Å². The Morgan fingerprint density at radius 3 is 2.50 bits per heavy atom. The molecule has 0 aliphatic carbocycles. The summed E-state index contributed by atoms with van der Waals surface area (Å²) in [5.41, 5.74) is 4.41. The number of pyridine rings is 1. The first-order chi connectivity index (χ1) is 11.6. The van der Waals surface area contributed by atoms with Gasteiger partial charge in [0.25, 0.3) is 5.89 Å². The fraction of sp³-hybridized carbons (Fsp3) is 0.316. The zero-order valence-corrected chi connectivity index (χ0v) is 14.6. The van der Waals surface area contributed by atoms with Crippen LogP contribution in [0.1, 0.15) is 24.5 Å². The third kappa shape index (κ3) is 3.30. The molecule has 0 atom stereocenters. The fourth-order valence-corrected chi connectivity index (χ4v) is 2.62. The molecule has 0 saturated heterocycles.